The highest BCUT2D eigenvalue weighted by atomic mass is 35.5. The monoisotopic (exact) mass is 387 g/mol. The molecule has 7 heteroatoms. The van der Waals surface area contributed by atoms with Crippen molar-refractivity contribution in [1.82, 2.24) is 9.38 Å². The van der Waals surface area contributed by atoms with Gasteiger partial charge < -0.3 is 9.47 Å². The standard InChI is InChI=1S/C20H22ClN3O3/c1-4-16-19(23(3)20(25)26-5-2)24-11-7-10-17(18(24)22-16)27-13-14-8-6-9-15(21)12-14/h6-12H,4-5,13H2,1-3H3. The number of aryl methyl sites for hydroxylation is 1. The highest BCUT2D eigenvalue weighted by Crippen LogP contribution is 2.29. The summed E-state index contributed by atoms with van der Waals surface area (Å²) < 4.78 is 13.0. The number of carbonyl (C=O) groups is 1. The van der Waals surface area contributed by atoms with Crippen molar-refractivity contribution in [3.63, 3.8) is 0 Å². The Morgan fingerprint density at radius 3 is 2.78 bits per heavy atom. The second kappa shape index (κ2) is 8.31. The lowest BCUT2D eigenvalue weighted by Gasteiger charge is -2.17. The third-order valence-electron chi connectivity index (χ3n) is 4.14. The predicted octanol–water partition coefficient (Wildman–Crippen LogP) is 4.72. The fourth-order valence-electron chi connectivity index (χ4n) is 2.88. The van der Waals surface area contributed by atoms with Gasteiger partial charge in [-0.3, -0.25) is 9.30 Å². The number of fused-ring (bicyclic) bond motifs is 1. The number of rotatable bonds is 6. The molecule has 27 heavy (non-hydrogen) atoms. The zero-order valence-corrected chi connectivity index (χ0v) is 16.4. The molecule has 6 nitrogen and oxygen atoms in total. The van der Waals surface area contributed by atoms with Crippen LogP contribution in [-0.4, -0.2) is 29.1 Å². The van der Waals surface area contributed by atoms with E-state index in [4.69, 9.17) is 21.1 Å². The smallest absolute Gasteiger partial charge is 0.415 e. The van der Waals surface area contributed by atoms with Gasteiger partial charge >= 0.3 is 6.09 Å². The SMILES string of the molecule is CCOC(=O)N(C)c1c(CC)nc2c(OCc3cccc(Cl)c3)cccn12. The highest BCUT2D eigenvalue weighted by Gasteiger charge is 2.22. The van der Waals surface area contributed by atoms with Crippen LogP contribution in [0.25, 0.3) is 5.65 Å². The Labute approximate surface area is 163 Å². The molecule has 0 bridgehead atoms. The van der Waals surface area contributed by atoms with Crippen LogP contribution in [0.5, 0.6) is 5.75 Å². The van der Waals surface area contributed by atoms with Gasteiger partial charge in [0.05, 0.1) is 12.3 Å². The van der Waals surface area contributed by atoms with Crippen LogP contribution >= 0.6 is 11.6 Å². The molecule has 0 aliphatic carbocycles. The number of hydrogen-bond donors (Lipinski definition) is 0. The van der Waals surface area contributed by atoms with Gasteiger partial charge in [0, 0.05) is 18.3 Å². The van der Waals surface area contributed by atoms with Gasteiger partial charge in [-0.1, -0.05) is 30.7 Å². The molecule has 0 saturated carbocycles. The number of nitrogens with zero attached hydrogens (tertiary/aromatic N) is 3. The van der Waals surface area contributed by atoms with Gasteiger partial charge in [-0.25, -0.2) is 9.78 Å². The van der Waals surface area contributed by atoms with Crippen molar-refractivity contribution < 1.29 is 14.3 Å². The van der Waals surface area contributed by atoms with Gasteiger partial charge in [-0.15, -0.1) is 0 Å². The average Bonchev–Trinajstić information content (AvgIpc) is 3.05. The average molecular weight is 388 g/mol. The van der Waals surface area contributed by atoms with E-state index < -0.39 is 6.09 Å². The summed E-state index contributed by atoms with van der Waals surface area (Å²) in [5, 5.41) is 0.668. The summed E-state index contributed by atoms with van der Waals surface area (Å²) in [6.07, 6.45) is 2.12. The number of ether oxygens (including phenoxy) is 2. The van der Waals surface area contributed by atoms with Crippen LogP contribution in [0.2, 0.25) is 5.02 Å². The largest absolute Gasteiger partial charge is 0.485 e. The molecule has 3 rings (SSSR count). The minimum absolute atomic E-state index is 0.315. The number of carbonyl (C=O) groups excluding carboxylic acids is 1. The molecule has 1 aromatic carbocycles. The maximum absolute atomic E-state index is 12.2. The first-order valence-electron chi connectivity index (χ1n) is 8.82. The zero-order chi connectivity index (χ0) is 19.4. The lowest BCUT2D eigenvalue weighted by molar-refractivity contribution is 0.161. The number of halogens is 1. The Balaban J connectivity index is 1.95. The molecule has 0 saturated heterocycles. The lowest BCUT2D eigenvalue weighted by atomic mass is 10.2. The molecule has 3 aromatic rings. The maximum atomic E-state index is 12.2. The first-order chi connectivity index (χ1) is 13.0. The number of imidazole rings is 1. The van der Waals surface area contributed by atoms with E-state index in [9.17, 15) is 4.79 Å². The Hall–Kier alpha value is -2.73. The van der Waals surface area contributed by atoms with Crippen molar-refractivity contribution >= 4 is 29.2 Å². The number of anilines is 1. The fraction of sp³-hybridized carbons (Fsp3) is 0.300. The quantitative estimate of drug-likeness (QED) is 0.614. The van der Waals surface area contributed by atoms with Crippen molar-refractivity contribution in [2.24, 2.45) is 0 Å². The van der Waals surface area contributed by atoms with Crippen LogP contribution in [0.1, 0.15) is 25.1 Å². The summed E-state index contributed by atoms with van der Waals surface area (Å²) in [7, 11) is 1.68. The van der Waals surface area contributed by atoms with Gasteiger partial charge in [0.2, 0.25) is 0 Å². The number of hydrogen-bond acceptors (Lipinski definition) is 4. The van der Waals surface area contributed by atoms with E-state index in [2.05, 4.69) is 4.98 Å². The second-order valence-electron chi connectivity index (χ2n) is 5.98. The third-order valence-corrected chi connectivity index (χ3v) is 4.37. The number of benzene rings is 1. The van der Waals surface area contributed by atoms with Crippen LogP contribution in [-0.2, 0) is 17.8 Å². The van der Waals surface area contributed by atoms with Crippen molar-refractivity contribution in [2.45, 2.75) is 26.9 Å². The molecule has 142 valence electrons. The van der Waals surface area contributed by atoms with Gasteiger partial charge in [-0.2, -0.15) is 0 Å². The molecule has 0 unspecified atom stereocenters. The Morgan fingerprint density at radius 2 is 2.07 bits per heavy atom. The van der Waals surface area contributed by atoms with Crippen LogP contribution in [0.3, 0.4) is 0 Å². The number of pyridine rings is 1. The number of aromatic nitrogens is 2. The molecule has 0 spiro atoms. The van der Waals surface area contributed by atoms with Gasteiger partial charge in [0.1, 0.15) is 12.4 Å². The first-order valence-corrected chi connectivity index (χ1v) is 9.20. The third kappa shape index (κ3) is 4.01. The molecular weight excluding hydrogens is 366 g/mol. The predicted molar refractivity (Wildman–Crippen MR) is 106 cm³/mol. The molecular formula is C20H22ClN3O3. The van der Waals surface area contributed by atoms with E-state index in [1.165, 1.54) is 4.90 Å². The Morgan fingerprint density at radius 1 is 1.26 bits per heavy atom. The first kappa shape index (κ1) is 19.0. The van der Waals surface area contributed by atoms with E-state index in [1.807, 2.05) is 53.9 Å². The van der Waals surface area contributed by atoms with Crippen molar-refractivity contribution in [3.05, 3.63) is 58.9 Å². The van der Waals surface area contributed by atoms with Gasteiger partial charge in [0.25, 0.3) is 0 Å². The molecule has 0 fully saturated rings. The van der Waals surface area contributed by atoms with Crippen molar-refractivity contribution in [2.75, 3.05) is 18.6 Å². The van der Waals surface area contributed by atoms with Gasteiger partial charge in [-0.05, 0) is 43.2 Å². The van der Waals surface area contributed by atoms with E-state index in [0.29, 0.717) is 41.9 Å². The van der Waals surface area contributed by atoms with E-state index >= 15 is 0 Å². The fourth-order valence-corrected chi connectivity index (χ4v) is 3.09. The molecule has 0 atom stereocenters. The molecule has 1 amide bonds. The number of amides is 1. The molecule has 0 N–H and O–H groups in total. The zero-order valence-electron chi connectivity index (χ0n) is 15.6. The van der Waals surface area contributed by atoms with Crippen molar-refractivity contribution in [3.8, 4) is 5.75 Å². The van der Waals surface area contributed by atoms with Crippen LogP contribution in [0.4, 0.5) is 10.6 Å². The minimum atomic E-state index is -0.417. The normalized spacial score (nSPS) is 10.8. The minimum Gasteiger partial charge on any atom is -0.485 e. The van der Waals surface area contributed by atoms with E-state index in [1.54, 1.807) is 14.0 Å². The molecule has 0 aliphatic heterocycles. The summed E-state index contributed by atoms with van der Waals surface area (Å²) >= 11 is 6.03. The molecule has 2 aromatic heterocycles. The second-order valence-corrected chi connectivity index (χ2v) is 6.41. The molecule has 0 radical (unpaired) electrons. The summed E-state index contributed by atoms with van der Waals surface area (Å²) in [5.41, 5.74) is 2.42. The van der Waals surface area contributed by atoms with Crippen LogP contribution in [0.15, 0.2) is 42.6 Å². The van der Waals surface area contributed by atoms with E-state index in [0.717, 1.165) is 11.3 Å². The Kier molecular flexibility index (Phi) is 5.86. The van der Waals surface area contributed by atoms with E-state index in [-0.39, 0.29) is 0 Å². The summed E-state index contributed by atoms with van der Waals surface area (Å²) in [4.78, 5) is 18.4. The Bertz CT molecular complexity index is 955. The lowest BCUT2D eigenvalue weighted by Crippen LogP contribution is -2.29. The molecule has 2 heterocycles. The topological polar surface area (TPSA) is 56.1 Å². The van der Waals surface area contributed by atoms with Gasteiger partial charge in [0.15, 0.2) is 11.4 Å². The molecule has 0 aliphatic rings. The summed E-state index contributed by atoms with van der Waals surface area (Å²) in [6.45, 7) is 4.46. The van der Waals surface area contributed by atoms with Crippen LogP contribution < -0.4 is 9.64 Å². The summed E-state index contributed by atoms with van der Waals surface area (Å²) in [6, 6.07) is 11.3. The highest BCUT2D eigenvalue weighted by molar-refractivity contribution is 6.30. The van der Waals surface area contributed by atoms with Crippen LogP contribution in [0, 0.1) is 0 Å². The van der Waals surface area contributed by atoms with Crippen molar-refractivity contribution in [1.29, 1.82) is 0 Å². The summed E-state index contributed by atoms with van der Waals surface area (Å²) in [5.74, 6) is 1.31. The maximum Gasteiger partial charge on any atom is 0.415 e.